The van der Waals surface area contributed by atoms with Gasteiger partial charge in [0, 0.05) is 25.7 Å². The van der Waals surface area contributed by atoms with Gasteiger partial charge in [0.05, 0.1) is 6.10 Å². The third-order valence-corrected chi connectivity index (χ3v) is 6.22. The minimum atomic E-state index is -0.162. The van der Waals surface area contributed by atoms with Crippen LogP contribution < -0.4 is 5.32 Å². The van der Waals surface area contributed by atoms with Gasteiger partial charge in [-0.15, -0.1) is 0 Å². The zero-order valence-electron chi connectivity index (χ0n) is 15.3. The van der Waals surface area contributed by atoms with E-state index in [4.69, 9.17) is 0 Å². The van der Waals surface area contributed by atoms with Crippen LogP contribution in [0.3, 0.4) is 0 Å². The van der Waals surface area contributed by atoms with E-state index in [0.29, 0.717) is 5.92 Å². The normalized spacial score (nSPS) is 33.4. The van der Waals surface area contributed by atoms with Crippen LogP contribution in [0.25, 0.3) is 0 Å². The molecule has 3 rings (SSSR count). The molecule has 2 N–H and O–H groups in total. The molecule has 0 unspecified atom stereocenters. The second-order valence-corrected chi connectivity index (χ2v) is 8.39. The van der Waals surface area contributed by atoms with E-state index in [2.05, 4.69) is 17.1 Å². The van der Waals surface area contributed by atoms with Crippen molar-refractivity contribution < 1.29 is 9.90 Å². The van der Waals surface area contributed by atoms with Gasteiger partial charge in [0.25, 0.3) is 0 Å². The van der Waals surface area contributed by atoms with Crippen LogP contribution in [0.5, 0.6) is 0 Å². The summed E-state index contributed by atoms with van der Waals surface area (Å²) >= 11 is 0. The fourth-order valence-corrected chi connectivity index (χ4v) is 4.49. The largest absolute Gasteiger partial charge is 0.393 e. The highest BCUT2D eigenvalue weighted by Gasteiger charge is 2.28. The van der Waals surface area contributed by atoms with Crippen LogP contribution in [0.1, 0.15) is 58.3 Å². The van der Waals surface area contributed by atoms with Crippen LogP contribution in [-0.4, -0.2) is 65.8 Å². The number of carbonyl (C=O) groups is 1. The van der Waals surface area contributed by atoms with Gasteiger partial charge >= 0.3 is 6.03 Å². The maximum absolute atomic E-state index is 12.6. The number of hydrogen-bond acceptors (Lipinski definition) is 3. The molecule has 1 aliphatic carbocycles. The van der Waals surface area contributed by atoms with Crippen molar-refractivity contribution in [2.24, 2.45) is 11.8 Å². The molecule has 0 spiro atoms. The zero-order chi connectivity index (χ0) is 16.9. The Bertz CT molecular complexity index is 401. The summed E-state index contributed by atoms with van der Waals surface area (Å²) in [6, 6.07) is 0.373. The first-order valence-electron chi connectivity index (χ1n) is 10.1. The van der Waals surface area contributed by atoms with Crippen molar-refractivity contribution >= 4 is 6.03 Å². The summed E-state index contributed by atoms with van der Waals surface area (Å²) in [5.41, 5.74) is 0. The highest BCUT2D eigenvalue weighted by Crippen LogP contribution is 2.23. The Kier molecular flexibility index (Phi) is 6.39. The van der Waals surface area contributed by atoms with Crippen molar-refractivity contribution in [1.82, 2.24) is 15.1 Å². The molecule has 138 valence electrons. The molecule has 0 aromatic carbocycles. The molecule has 2 heterocycles. The molecule has 2 amide bonds. The number of nitrogens with one attached hydrogen (secondary N) is 1. The molecule has 0 aromatic heterocycles. The number of urea groups is 1. The van der Waals surface area contributed by atoms with Crippen molar-refractivity contribution in [3.05, 3.63) is 0 Å². The maximum Gasteiger partial charge on any atom is 0.317 e. The van der Waals surface area contributed by atoms with Crippen molar-refractivity contribution in [2.75, 3.05) is 32.7 Å². The Hall–Kier alpha value is -0.810. The van der Waals surface area contributed by atoms with E-state index in [-0.39, 0.29) is 18.2 Å². The molecule has 0 radical (unpaired) electrons. The predicted molar refractivity (Wildman–Crippen MR) is 95.9 cm³/mol. The highest BCUT2D eigenvalue weighted by molar-refractivity contribution is 5.74. The maximum atomic E-state index is 12.6. The second-order valence-electron chi connectivity index (χ2n) is 8.39. The van der Waals surface area contributed by atoms with Gasteiger partial charge in [0.2, 0.25) is 0 Å². The average molecular weight is 338 g/mol. The van der Waals surface area contributed by atoms with Crippen molar-refractivity contribution in [1.29, 1.82) is 0 Å². The van der Waals surface area contributed by atoms with Crippen molar-refractivity contribution in [2.45, 2.75) is 70.4 Å². The van der Waals surface area contributed by atoms with E-state index < -0.39 is 0 Å². The van der Waals surface area contributed by atoms with E-state index in [1.165, 1.54) is 32.4 Å². The van der Waals surface area contributed by atoms with Gasteiger partial charge in [-0.05, 0) is 76.3 Å². The number of carbonyl (C=O) groups excluding carboxylic acids is 1. The monoisotopic (exact) mass is 337 g/mol. The van der Waals surface area contributed by atoms with E-state index >= 15 is 0 Å². The molecule has 0 bridgehead atoms. The summed E-state index contributed by atoms with van der Waals surface area (Å²) < 4.78 is 0. The standard InChI is InChI=1S/C19H35N3O2/c1-15-8-11-21(12-9-15)13-16-3-2-10-22(14-16)19(24)20-17-4-6-18(23)7-5-17/h15-18,23H,2-14H2,1H3,(H,20,24)/t16-,17?,18?/m1/s1. The first-order valence-corrected chi connectivity index (χ1v) is 10.1. The zero-order valence-corrected chi connectivity index (χ0v) is 15.3. The van der Waals surface area contributed by atoms with E-state index in [9.17, 15) is 9.90 Å². The number of nitrogens with zero attached hydrogens (tertiary/aromatic N) is 2. The predicted octanol–water partition coefficient (Wildman–Crippen LogP) is 2.44. The molecule has 2 aliphatic heterocycles. The van der Waals surface area contributed by atoms with Gasteiger partial charge in [-0.25, -0.2) is 4.79 Å². The minimum absolute atomic E-state index is 0.119. The number of amides is 2. The Labute approximate surface area is 146 Å². The molecule has 1 atom stereocenters. The van der Waals surface area contributed by atoms with Crippen LogP contribution in [0, 0.1) is 11.8 Å². The van der Waals surface area contributed by atoms with Crippen molar-refractivity contribution in [3.63, 3.8) is 0 Å². The molecule has 1 saturated carbocycles. The lowest BCUT2D eigenvalue weighted by molar-refractivity contribution is 0.106. The van der Waals surface area contributed by atoms with Gasteiger partial charge in [-0.3, -0.25) is 0 Å². The molecule has 5 heteroatoms. The van der Waals surface area contributed by atoms with Gasteiger partial charge in [-0.2, -0.15) is 0 Å². The molecular weight excluding hydrogens is 302 g/mol. The van der Waals surface area contributed by atoms with Gasteiger partial charge in [0.15, 0.2) is 0 Å². The first kappa shape index (κ1) is 18.0. The number of likely N-dealkylation sites (tertiary alicyclic amines) is 2. The third-order valence-electron chi connectivity index (χ3n) is 6.22. The van der Waals surface area contributed by atoms with Gasteiger partial charge in [0.1, 0.15) is 0 Å². The fourth-order valence-electron chi connectivity index (χ4n) is 4.49. The summed E-state index contributed by atoms with van der Waals surface area (Å²) in [7, 11) is 0. The van der Waals surface area contributed by atoms with Crippen LogP contribution in [0.2, 0.25) is 0 Å². The Morgan fingerprint density at radius 1 is 1.04 bits per heavy atom. The SMILES string of the molecule is CC1CCN(C[C@H]2CCCN(C(=O)NC3CCC(O)CC3)C2)CC1. The third kappa shape index (κ3) is 5.09. The number of rotatable bonds is 3. The van der Waals surface area contributed by atoms with E-state index in [1.54, 1.807) is 0 Å². The molecular formula is C19H35N3O2. The average Bonchev–Trinajstić information content (AvgIpc) is 2.59. The first-order chi connectivity index (χ1) is 11.6. The fraction of sp³-hybridized carbons (Fsp3) is 0.947. The Morgan fingerprint density at radius 3 is 2.46 bits per heavy atom. The molecule has 24 heavy (non-hydrogen) atoms. The molecule has 5 nitrogen and oxygen atoms in total. The summed E-state index contributed by atoms with van der Waals surface area (Å²) in [6.45, 7) is 7.78. The Balaban J connectivity index is 1.42. The summed E-state index contributed by atoms with van der Waals surface area (Å²) in [5.74, 6) is 1.51. The summed E-state index contributed by atoms with van der Waals surface area (Å²) in [5, 5.41) is 12.8. The molecule has 0 aromatic rings. The van der Waals surface area contributed by atoms with Gasteiger partial charge in [-0.1, -0.05) is 6.92 Å². The summed E-state index contributed by atoms with van der Waals surface area (Å²) in [4.78, 5) is 17.2. The molecule has 3 aliphatic rings. The summed E-state index contributed by atoms with van der Waals surface area (Å²) in [6.07, 6.45) is 8.34. The van der Waals surface area contributed by atoms with Crippen molar-refractivity contribution in [3.8, 4) is 0 Å². The van der Waals surface area contributed by atoms with Crippen LogP contribution in [0.15, 0.2) is 0 Å². The smallest absolute Gasteiger partial charge is 0.317 e. The number of aliphatic hydroxyl groups excluding tert-OH is 1. The lowest BCUT2D eigenvalue weighted by atomic mass is 9.93. The lowest BCUT2D eigenvalue weighted by Crippen LogP contribution is -2.51. The van der Waals surface area contributed by atoms with Gasteiger partial charge < -0.3 is 20.2 Å². The second kappa shape index (κ2) is 8.52. The van der Waals surface area contributed by atoms with Crippen LogP contribution >= 0.6 is 0 Å². The Morgan fingerprint density at radius 2 is 1.75 bits per heavy atom. The van der Waals surface area contributed by atoms with Crippen LogP contribution in [-0.2, 0) is 0 Å². The highest BCUT2D eigenvalue weighted by atomic mass is 16.3. The van der Waals surface area contributed by atoms with Crippen LogP contribution in [0.4, 0.5) is 4.79 Å². The number of aliphatic hydroxyl groups is 1. The topological polar surface area (TPSA) is 55.8 Å². The quantitative estimate of drug-likeness (QED) is 0.832. The molecule has 2 saturated heterocycles. The van der Waals surface area contributed by atoms with E-state index in [1.807, 2.05) is 4.90 Å². The molecule has 3 fully saturated rings. The minimum Gasteiger partial charge on any atom is -0.393 e. The van der Waals surface area contributed by atoms with E-state index in [0.717, 1.165) is 57.7 Å². The number of piperidine rings is 2. The lowest BCUT2D eigenvalue weighted by Gasteiger charge is -2.38. The number of hydrogen-bond donors (Lipinski definition) is 2.